The van der Waals surface area contributed by atoms with Crippen molar-refractivity contribution in [1.82, 2.24) is 5.01 Å². The lowest BCUT2D eigenvalue weighted by atomic mass is 10.0. The molecule has 3 N–H and O–H groups in total. The molecule has 0 heterocycles. The summed E-state index contributed by atoms with van der Waals surface area (Å²) in [6.45, 7) is -1.11. The van der Waals surface area contributed by atoms with Gasteiger partial charge in [0.15, 0.2) is 0 Å². The molecule has 0 radical (unpaired) electrons. The summed E-state index contributed by atoms with van der Waals surface area (Å²) in [5.41, 5.74) is 0.385. The quantitative estimate of drug-likeness (QED) is 0.522. The molecule has 2 aromatic carbocycles. The minimum Gasteiger partial charge on any atom is -0.507 e. The van der Waals surface area contributed by atoms with Crippen LogP contribution in [0, 0.1) is 0 Å². The minimum atomic E-state index is -1.20. The van der Waals surface area contributed by atoms with Gasteiger partial charge in [0, 0.05) is 10.0 Å². The highest BCUT2D eigenvalue weighted by atomic mass is 79.9. The van der Waals surface area contributed by atoms with E-state index in [9.17, 15) is 14.7 Å². The van der Waals surface area contributed by atoms with E-state index in [2.05, 4.69) is 21.0 Å². The van der Waals surface area contributed by atoms with Gasteiger partial charge in [-0.15, -0.1) is 0 Å². The first-order chi connectivity index (χ1) is 10.9. The molecule has 2 aromatic rings. The van der Waals surface area contributed by atoms with Crippen molar-refractivity contribution >= 4 is 44.9 Å². The predicted octanol–water partition coefficient (Wildman–Crippen LogP) is 2.11. The van der Waals surface area contributed by atoms with E-state index in [1.807, 2.05) is 6.07 Å². The number of fused-ring (bicyclic) bond motifs is 1. The maximum Gasteiger partial charge on any atom is 0.324 e. The van der Waals surface area contributed by atoms with Crippen molar-refractivity contribution in [3.05, 3.63) is 40.4 Å². The number of phenolic OH excluding ortho intramolecular Hbond substituents is 1. The number of aromatic hydroxyl groups is 1. The second kappa shape index (κ2) is 7.10. The van der Waals surface area contributed by atoms with Crippen molar-refractivity contribution < 1.29 is 24.9 Å². The number of halogens is 1. The molecule has 0 unspecified atom stereocenters. The maximum atomic E-state index is 10.8. The molecular weight excluding hydrogens is 368 g/mol. The summed E-state index contributed by atoms with van der Waals surface area (Å²) < 4.78 is 0.872. The highest BCUT2D eigenvalue weighted by Gasteiger charge is 2.11. The molecule has 23 heavy (non-hydrogen) atoms. The van der Waals surface area contributed by atoms with Gasteiger partial charge in [-0.2, -0.15) is 5.10 Å². The minimum absolute atomic E-state index is 0.0332. The number of benzene rings is 2. The Hall–Kier alpha value is -2.61. The van der Waals surface area contributed by atoms with Crippen molar-refractivity contribution in [2.24, 2.45) is 5.10 Å². The number of rotatable bonds is 6. The van der Waals surface area contributed by atoms with Gasteiger partial charge in [0.1, 0.15) is 18.8 Å². The number of phenols is 1. The van der Waals surface area contributed by atoms with Crippen molar-refractivity contribution in [2.45, 2.75) is 0 Å². The van der Waals surface area contributed by atoms with Gasteiger partial charge in [0.2, 0.25) is 0 Å². The number of aliphatic carboxylic acids is 2. The summed E-state index contributed by atoms with van der Waals surface area (Å²) in [5.74, 6) is -2.43. The molecule has 0 saturated heterocycles. The molecule has 0 fully saturated rings. The Morgan fingerprint density at radius 1 is 1.13 bits per heavy atom. The summed E-state index contributed by atoms with van der Waals surface area (Å²) in [6.07, 6.45) is 1.26. The fourth-order valence-electron chi connectivity index (χ4n) is 2.04. The Labute approximate surface area is 139 Å². The van der Waals surface area contributed by atoms with Crippen LogP contribution in [0.4, 0.5) is 0 Å². The Bertz CT molecular complexity index is 775. The molecule has 0 amide bonds. The van der Waals surface area contributed by atoms with Crippen LogP contribution in [0.3, 0.4) is 0 Å². The van der Waals surface area contributed by atoms with E-state index in [-0.39, 0.29) is 5.75 Å². The Morgan fingerprint density at radius 2 is 1.78 bits per heavy atom. The first kappa shape index (κ1) is 16.8. The van der Waals surface area contributed by atoms with Crippen LogP contribution in [0.2, 0.25) is 0 Å². The van der Waals surface area contributed by atoms with Crippen molar-refractivity contribution in [1.29, 1.82) is 0 Å². The van der Waals surface area contributed by atoms with E-state index in [0.717, 1.165) is 14.9 Å². The normalized spacial score (nSPS) is 11.0. The fraction of sp³-hybridized carbons (Fsp3) is 0.133. The topological polar surface area (TPSA) is 110 Å². The molecule has 0 bridgehead atoms. The van der Waals surface area contributed by atoms with Crippen LogP contribution < -0.4 is 0 Å². The second-order valence-electron chi connectivity index (χ2n) is 4.72. The number of carbonyl (C=O) groups is 2. The van der Waals surface area contributed by atoms with Gasteiger partial charge in [-0.3, -0.25) is 14.6 Å². The Kier molecular flexibility index (Phi) is 5.17. The Balaban J connectivity index is 2.40. The molecule has 0 atom stereocenters. The number of hydrogen-bond donors (Lipinski definition) is 3. The lowest BCUT2D eigenvalue weighted by Crippen LogP contribution is -2.30. The van der Waals surface area contributed by atoms with Crippen LogP contribution in [0.25, 0.3) is 10.8 Å². The van der Waals surface area contributed by atoms with Gasteiger partial charge in [-0.05, 0) is 29.0 Å². The Morgan fingerprint density at radius 3 is 2.39 bits per heavy atom. The van der Waals surface area contributed by atoms with E-state index in [4.69, 9.17) is 10.2 Å². The molecule has 0 spiro atoms. The number of carboxylic acid groups (broad SMARTS) is 2. The second-order valence-corrected chi connectivity index (χ2v) is 5.63. The third kappa shape index (κ3) is 4.43. The summed E-state index contributed by atoms with van der Waals surface area (Å²) in [4.78, 5) is 21.5. The van der Waals surface area contributed by atoms with Crippen molar-refractivity contribution in [2.75, 3.05) is 13.1 Å². The molecule has 2 rings (SSSR count). The van der Waals surface area contributed by atoms with Crippen LogP contribution >= 0.6 is 15.9 Å². The molecule has 0 aromatic heterocycles. The van der Waals surface area contributed by atoms with E-state index in [0.29, 0.717) is 10.9 Å². The zero-order valence-electron chi connectivity index (χ0n) is 11.8. The maximum absolute atomic E-state index is 10.8. The number of carboxylic acids is 2. The monoisotopic (exact) mass is 380 g/mol. The van der Waals surface area contributed by atoms with E-state index < -0.39 is 25.0 Å². The fourth-order valence-corrected chi connectivity index (χ4v) is 2.42. The lowest BCUT2D eigenvalue weighted by molar-refractivity contribution is -0.141. The standard InChI is InChI=1S/C15H13BrN2O5/c16-10-2-3-11-9(5-10)1-4-13(19)12(11)6-17-18(7-14(20)21)8-15(22)23/h1-6,19H,7-8H2,(H,20,21)(H,22,23)/b17-6-. The zero-order chi connectivity index (χ0) is 17.0. The molecule has 8 heteroatoms. The highest BCUT2D eigenvalue weighted by molar-refractivity contribution is 9.10. The average molecular weight is 381 g/mol. The van der Waals surface area contributed by atoms with Crippen LogP contribution in [-0.4, -0.2) is 51.6 Å². The van der Waals surface area contributed by atoms with Gasteiger partial charge in [0.25, 0.3) is 0 Å². The van der Waals surface area contributed by atoms with Crippen LogP contribution in [-0.2, 0) is 9.59 Å². The molecule has 0 aliphatic heterocycles. The average Bonchev–Trinajstić information content (AvgIpc) is 2.45. The van der Waals surface area contributed by atoms with E-state index >= 15 is 0 Å². The first-order valence-corrected chi connectivity index (χ1v) is 7.30. The zero-order valence-corrected chi connectivity index (χ0v) is 13.4. The highest BCUT2D eigenvalue weighted by Crippen LogP contribution is 2.28. The molecule has 0 saturated carbocycles. The summed E-state index contributed by atoms with van der Waals surface area (Å²) >= 11 is 3.36. The third-order valence-corrected chi connectivity index (χ3v) is 3.48. The van der Waals surface area contributed by atoms with Gasteiger partial charge in [-0.25, -0.2) is 0 Å². The molecule has 0 aliphatic rings. The first-order valence-electron chi connectivity index (χ1n) is 6.50. The molecule has 7 nitrogen and oxygen atoms in total. The predicted molar refractivity (Wildman–Crippen MR) is 87.8 cm³/mol. The van der Waals surface area contributed by atoms with Gasteiger partial charge in [-0.1, -0.05) is 28.1 Å². The van der Waals surface area contributed by atoms with Crippen molar-refractivity contribution in [3.8, 4) is 5.75 Å². The number of nitrogens with zero attached hydrogens (tertiary/aromatic N) is 2. The van der Waals surface area contributed by atoms with Crippen molar-refractivity contribution in [3.63, 3.8) is 0 Å². The number of hydrogen-bond acceptors (Lipinski definition) is 5. The van der Waals surface area contributed by atoms with Gasteiger partial charge >= 0.3 is 11.9 Å². The molecule has 0 aliphatic carbocycles. The number of hydrazone groups is 1. The lowest BCUT2D eigenvalue weighted by Gasteiger charge is -2.14. The SMILES string of the molecule is O=C(O)CN(CC(=O)O)/N=C\c1c(O)ccc2cc(Br)ccc12. The summed E-state index contributed by atoms with van der Waals surface area (Å²) in [5, 5.41) is 33.9. The smallest absolute Gasteiger partial charge is 0.324 e. The summed E-state index contributed by atoms with van der Waals surface area (Å²) in [7, 11) is 0. The third-order valence-electron chi connectivity index (χ3n) is 2.99. The molecule has 120 valence electrons. The van der Waals surface area contributed by atoms with Crippen LogP contribution in [0.1, 0.15) is 5.56 Å². The van der Waals surface area contributed by atoms with E-state index in [1.165, 1.54) is 12.3 Å². The van der Waals surface area contributed by atoms with Gasteiger partial charge < -0.3 is 15.3 Å². The van der Waals surface area contributed by atoms with E-state index in [1.54, 1.807) is 18.2 Å². The molecular formula is C15H13BrN2O5. The summed E-state index contributed by atoms with van der Waals surface area (Å²) in [6, 6.07) is 8.66. The van der Waals surface area contributed by atoms with Crippen LogP contribution in [0.5, 0.6) is 5.75 Å². The largest absolute Gasteiger partial charge is 0.507 e. The van der Waals surface area contributed by atoms with Crippen LogP contribution in [0.15, 0.2) is 39.9 Å². The van der Waals surface area contributed by atoms with Gasteiger partial charge in [0.05, 0.1) is 6.21 Å².